The van der Waals surface area contributed by atoms with Gasteiger partial charge in [0.15, 0.2) is 0 Å². The molecule has 0 unspecified atom stereocenters. The summed E-state index contributed by atoms with van der Waals surface area (Å²) >= 11 is 4.82. The van der Waals surface area contributed by atoms with Gasteiger partial charge in [-0.2, -0.15) is 9.97 Å². The second kappa shape index (κ2) is 9.71. The SMILES string of the molecule is Nc1ccc(Nc2ccc(Nc3nc(N)nc(OCc4cc(Br)cs4)c3[N+](=O)[O-])cc2)cc1. The lowest BCUT2D eigenvalue weighted by molar-refractivity contribution is -0.385. The van der Waals surface area contributed by atoms with E-state index in [9.17, 15) is 10.1 Å². The molecule has 0 saturated heterocycles. The quantitative estimate of drug-likeness (QED) is 0.133. The summed E-state index contributed by atoms with van der Waals surface area (Å²) in [5, 5.41) is 19.8. The van der Waals surface area contributed by atoms with Gasteiger partial charge in [-0.15, -0.1) is 11.3 Å². The van der Waals surface area contributed by atoms with E-state index in [2.05, 4.69) is 36.5 Å². The van der Waals surface area contributed by atoms with Crippen LogP contribution in [-0.2, 0) is 6.61 Å². The normalized spacial score (nSPS) is 10.6. The molecular weight excluding hydrogens is 510 g/mol. The fourth-order valence-electron chi connectivity index (χ4n) is 2.88. The van der Waals surface area contributed by atoms with Gasteiger partial charge in [-0.25, -0.2) is 0 Å². The van der Waals surface area contributed by atoms with E-state index in [1.54, 1.807) is 24.3 Å². The number of hydrogen-bond acceptors (Lipinski definition) is 10. The van der Waals surface area contributed by atoms with Crippen LogP contribution in [0.15, 0.2) is 64.5 Å². The van der Waals surface area contributed by atoms with Crippen molar-refractivity contribution in [2.75, 3.05) is 22.1 Å². The van der Waals surface area contributed by atoms with Crippen LogP contribution in [0, 0.1) is 10.1 Å². The Balaban J connectivity index is 1.53. The number of benzene rings is 2. The van der Waals surface area contributed by atoms with Crippen LogP contribution in [0.25, 0.3) is 0 Å². The fraction of sp³-hybridized carbons (Fsp3) is 0.0476. The van der Waals surface area contributed by atoms with E-state index in [1.165, 1.54) is 11.3 Å². The summed E-state index contributed by atoms with van der Waals surface area (Å²) in [6, 6.07) is 16.3. The third-order valence-electron chi connectivity index (χ3n) is 4.37. The Hall–Kier alpha value is -3.90. The standard InChI is InChI=1S/C21H18BrN7O3S/c22-12-9-17(33-11-12)10-32-20-18(29(30)31)19(27-21(24)28-20)26-16-7-5-15(6-8-16)25-14-3-1-13(23)2-4-14/h1-9,11,25H,10,23H2,(H3,24,26,27,28). The number of nitrogens with two attached hydrogens (primary N) is 2. The van der Waals surface area contributed by atoms with Gasteiger partial charge < -0.3 is 26.8 Å². The third-order valence-corrected chi connectivity index (χ3v) is 6.04. The van der Waals surface area contributed by atoms with E-state index in [4.69, 9.17) is 16.2 Å². The maximum Gasteiger partial charge on any atom is 0.373 e. The van der Waals surface area contributed by atoms with E-state index in [0.29, 0.717) is 11.4 Å². The van der Waals surface area contributed by atoms with E-state index in [-0.39, 0.29) is 24.3 Å². The lowest BCUT2D eigenvalue weighted by Gasteiger charge is -2.11. The molecule has 2 aromatic heterocycles. The Morgan fingerprint density at radius 3 is 2.18 bits per heavy atom. The molecule has 10 nitrogen and oxygen atoms in total. The van der Waals surface area contributed by atoms with Gasteiger partial charge in [0.2, 0.25) is 11.8 Å². The zero-order chi connectivity index (χ0) is 23.4. The van der Waals surface area contributed by atoms with Crippen molar-refractivity contribution < 1.29 is 9.66 Å². The number of rotatable bonds is 8. The summed E-state index contributed by atoms with van der Waals surface area (Å²) in [5.74, 6) is -0.414. The second-order valence-corrected chi connectivity index (χ2v) is 8.72. The first-order valence-electron chi connectivity index (χ1n) is 9.54. The molecule has 0 aliphatic carbocycles. The molecule has 0 radical (unpaired) electrons. The smallest absolute Gasteiger partial charge is 0.373 e. The summed E-state index contributed by atoms with van der Waals surface area (Å²) in [6.45, 7) is 0.110. The van der Waals surface area contributed by atoms with Crippen molar-refractivity contribution >= 4 is 67.5 Å². The molecule has 6 N–H and O–H groups in total. The summed E-state index contributed by atoms with van der Waals surface area (Å²) in [6.07, 6.45) is 0. The molecule has 33 heavy (non-hydrogen) atoms. The predicted octanol–water partition coefficient (Wildman–Crippen LogP) is 5.44. The maximum absolute atomic E-state index is 11.8. The van der Waals surface area contributed by atoms with Gasteiger partial charge in [0.25, 0.3) is 0 Å². The van der Waals surface area contributed by atoms with E-state index < -0.39 is 10.6 Å². The summed E-state index contributed by atoms with van der Waals surface area (Å²) in [5.41, 5.74) is 14.1. The number of thiophene rings is 1. The number of nitrogens with zero attached hydrogens (tertiary/aromatic N) is 3. The lowest BCUT2D eigenvalue weighted by atomic mass is 10.2. The number of ether oxygens (including phenoxy) is 1. The largest absolute Gasteiger partial charge is 0.467 e. The minimum absolute atomic E-state index is 0.0610. The Morgan fingerprint density at radius 2 is 1.61 bits per heavy atom. The van der Waals surface area contributed by atoms with Gasteiger partial charge in [0.05, 0.1) is 4.92 Å². The molecular formula is C21H18BrN7O3S. The van der Waals surface area contributed by atoms with Gasteiger partial charge in [0.1, 0.15) is 6.61 Å². The van der Waals surface area contributed by atoms with E-state index >= 15 is 0 Å². The van der Waals surface area contributed by atoms with Gasteiger partial charge in [0, 0.05) is 37.5 Å². The predicted molar refractivity (Wildman–Crippen MR) is 133 cm³/mol. The zero-order valence-corrected chi connectivity index (χ0v) is 19.4. The molecule has 2 heterocycles. The van der Waals surface area contributed by atoms with Crippen molar-refractivity contribution in [2.45, 2.75) is 6.61 Å². The van der Waals surface area contributed by atoms with Crippen molar-refractivity contribution in [2.24, 2.45) is 0 Å². The lowest BCUT2D eigenvalue weighted by Crippen LogP contribution is -2.08. The van der Waals surface area contributed by atoms with Crippen LogP contribution in [0.5, 0.6) is 5.88 Å². The maximum atomic E-state index is 11.8. The number of nitrogens with one attached hydrogen (secondary N) is 2. The minimum atomic E-state index is -0.599. The van der Waals surface area contributed by atoms with Gasteiger partial charge in [-0.3, -0.25) is 10.1 Å². The van der Waals surface area contributed by atoms with Gasteiger partial charge >= 0.3 is 11.6 Å². The molecule has 4 aromatic rings. The highest BCUT2D eigenvalue weighted by molar-refractivity contribution is 9.10. The Bertz CT molecular complexity index is 1280. The van der Waals surface area contributed by atoms with Crippen molar-refractivity contribution in [3.8, 4) is 5.88 Å². The molecule has 2 aromatic carbocycles. The number of halogens is 1. The van der Waals surface area contributed by atoms with Gasteiger partial charge in [-0.1, -0.05) is 0 Å². The minimum Gasteiger partial charge on any atom is -0.467 e. The van der Waals surface area contributed by atoms with Crippen LogP contribution in [-0.4, -0.2) is 14.9 Å². The van der Waals surface area contributed by atoms with Crippen molar-refractivity contribution in [3.63, 3.8) is 0 Å². The van der Waals surface area contributed by atoms with Gasteiger partial charge in [-0.05, 0) is 70.5 Å². The fourth-order valence-corrected chi connectivity index (χ4v) is 4.24. The average Bonchev–Trinajstić information content (AvgIpc) is 3.20. The Labute approximate surface area is 200 Å². The van der Waals surface area contributed by atoms with Crippen LogP contribution >= 0.6 is 27.3 Å². The van der Waals surface area contributed by atoms with Crippen LogP contribution in [0.1, 0.15) is 4.88 Å². The third kappa shape index (κ3) is 5.67. The monoisotopic (exact) mass is 527 g/mol. The van der Waals surface area contributed by atoms with Crippen LogP contribution in [0.4, 0.5) is 40.2 Å². The number of nitro groups is 1. The van der Waals surface area contributed by atoms with E-state index in [0.717, 1.165) is 20.7 Å². The zero-order valence-electron chi connectivity index (χ0n) is 17.0. The topological polar surface area (TPSA) is 154 Å². The molecule has 0 bridgehead atoms. The van der Waals surface area contributed by atoms with Crippen molar-refractivity contribution in [1.29, 1.82) is 0 Å². The Morgan fingerprint density at radius 1 is 1.00 bits per heavy atom. The Kier molecular flexibility index (Phi) is 6.56. The highest BCUT2D eigenvalue weighted by atomic mass is 79.9. The van der Waals surface area contributed by atoms with Crippen LogP contribution in [0.3, 0.4) is 0 Å². The van der Waals surface area contributed by atoms with Crippen LogP contribution < -0.4 is 26.8 Å². The second-order valence-electron chi connectivity index (χ2n) is 6.81. The molecule has 168 valence electrons. The molecule has 4 rings (SSSR count). The molecule has 0 spiro atoms. The number of nitrogen functional groups attached to an aromatic ring is 2. The number of anilines is 6. The molecule has 0 atom stereocenters. The van der Waals surface area contributed by atoms with E-state index in [1.807, 2.05) is 35.7 Å². The highest BCUT2D eigenvalue weighted by Crippen LogP contribution is 2.35. The molecule has 0 aliphatic heterocycles. The molecule has 12 heteroatoms. The number of aromatic nitrogens is 2. The molecule has 0 fully saturated rings. The first kappa shape index (κ1) is 22.3. The van der Waals surface area contributed by atoms with Crippen LogP contribution in [0.2, 0.25) is 0 Å². The first-order chi connectivity index (χ1) is 15.9. The average molecular weight is 528 g/mol. The first-order valence-corrected chi connectivity index (χ1v) is 11.2. The number of hydrogen-bond donors (Lipinski definition) is 4. The summed E-state index contributed by atoms with van der Waals surface area (Å²) < 4.78 is 6.51. The summed E-state index contributed by atoms with van der Waals surface area (Å²) in [4.78, 5) is 20.0. The molecule has 0 amide bonds. The molecule has 0 saturated carbocycles. The summed E-state index contributed by atoms with van der Waals surface area (Å²) in [7, 11) is 0. The van der Waals surface area contributed by atoms with Crippen molar-refractivity contribution in [3.05, 3.63) is 79.4 Å². The highest BCUT2D eigenvalue weighted by Gasteiger charge is 2.26. The van der Waals surface area contributed by atoms with Crippen molar-refractivity contribution in [1.82, 2.24) is 9.97 Å². The molecule has 0 aliphatic rings.